The number of hydrogen-bond donors (Lipinski definition) is 2. The standard InChI is InChI=1S/C13H24O3/c1-4-9-6-10(5-2)11(7-9)13(3,16)8-12(14)15/h9-11,16H,4-8H2,1-3H3,(H,14,15). The summed E-state index contributed by atoms with van der Waals surface area (Å²) >= 11 is 0. The maximum atomic E-state index is 10.8. The Bertz CT molecular complexity index is 248. The second-order valence-electron chi connectivity index (χ2n) is 5.45. The number of aliphatic hydroxyl groups is 1. The summed E-state index contributed by atoms with van der Waals surface area (Å²) in [6.45, 7) is 5.99. The molecule has 1 saturated carbocycles. The summed E-state index contributed by atoms with van der Waals surface area (Å²) in [6.07, 6.45) is 4.17. The van der Waals surface area contributed by atoms with E-state index in [0.29, 0.717) is 11.8 Å². The Balaban J connectivity index is 2.73. The number of carboxylic acid groups (broad SMARTS) is 1. The van der Waals surface area contributed by atoms with E-state index in [1.807, 2.05) is 0 Å². The van der Waals surface area contributed by atoms with Gasteiger partial charge in [0.15, 0.2) is 0 Å². The first-order valence-electron chi connectivity index (χ1n) is 6.34. The Morgan fingerprint density at radius 2 is 1.94 bits per heavy atom. The second-order valence-corrected chi connectivity index (χ2v) is 5.45. The van der Waals surface area contributed by atoms with Crippen LogP contribution in [0.15, 0.2) is 0 Å². The SMILES string of the molecule is CCC1CC(CC)C(C(C)(O)CC(=O)O)C1. The Hall–Kier alpha value is -0.570. The minimum Gasteiger partial charge on any atom is -0.481 e. The van der Waals surface area contributed by atoms with Crippen molar-refractivity contribution in [2.75, 3.05) is 0 Å². The lowest BCUT2D eigenvalue weighted by atomic mass is 9.78. The average molecular weight is 228 g/mol. The van der Waals surface area contributed by atoms with E-state index in [-0.39, 0.29) is 12.3 Å². The van der Waals surface area contributed by atoms with E-state index >= 15 is 0 Å². The summed E-state index contributed by atoms with van der Waals surface area (Å²) < 4.78 is 0. The maximum absolute atomic E-state index is 10.8. The third-order valence-electron chi connectivity index (χ3n) is 4.20. The van der Waals surface area contributed by atoms with E-state index in [2.05, 4.69) is 13.8 Å². The van der Waals surface area contributed by atoms with Gasteiger partial charge >= 0.3 is 5.97 Å². The first-order chi connectivity index (χ1) is 7.40. The van der Waals surface area contributed by atoms with Gasteiger partial charge in [0.25, 0.3) is 0 Å². The molecule has 0 amide bonds. The lowest BCUT2D eigenvalue weighted by Gasteiger charge is -2.32. The fraction of sp³-hybridized carbons (Fsp3) is 0.923. The van der Waals surface area contributed by atoms with Crippen LogP contribution in [0.2, 0.25) is 0 Å². The molecule has 0 aromatic heterocycles. The van der Waals surface area contributed by atoms with Crippen molar-refractivity contribution >= 4 is 5.97 Å². The van der Waals surface area contributed by atoms with Crippen LogP contribution in [-0.2, 0) is 4.79 Å². The van der Waals surface area contributed by atoms with E-state index in [0.717, 1.165) is 25.7 Å². The summed E-state index contributed by atoms with van der Waals surface area (Å²) in [7, 11) is 0. The van der Waals surface area contributed by atoms with Crippen molar-refractivity contribution in [3.05, 3.63) is 0 Å². The van der Waals surface area contributed by atoms with Gasteiger partial charge < -0.3 is 10.2 Å². The zero-order chi connectivity index (χ0) is 12.3. The lowest BCUT2D eigenvalue weighted by molar-refractivity contribution is -0.144. The van der Waals surface area contributed by atoms with E-state index < -0.39 is 11.6 Å². The Kier molecular flexibility index (Phi) is 4.36. The highest BCUT2D eigenvalue weighted by Crippen LogP contribution is 2.46. The zero-order valence-corrected chi connectivity index (χ0v) is 10.6. The summed E-state index contributed by atoms with van der Waals surface area (Å²) in [6, 6.07) is 0. The van der Waals surface area contributed by atoms with Crippen LogP contribution in [0.5, 0.6) is 0 Å². The Morgan fingerprint density at radius 3 is 2.38 bits per heavy atom. The molecule has 0 radical (unpaired) electrons. The van der Waals surface area contributed by atoms with Crippen molar-refractivity contribution in [2.24, 2.45) is 17.8 Å². The summed E-state index contributed by atoms with van der Waals surface area (Å²) in [5.41, 5.74) is -1.05. The summed E-state index contributed by atoms with van der Waals surface area (Å²) in [5, 5.41) is 19.2. The molecular formula is C13H24O3. The number of carboxylic acids is 1. The van der Waals surface area contributed by atoms with Gasteiger partial charge in [-0.2, -0.15) is 0 Å². The molecule has 94 valence electrons. The Labute approximate surface area is 97.9 Å². The fourth-order valence-corrected chi connectivity index (χ4v) is 3.22. The lowest BCUT2D eigenvalue weighted by Crippen LogP contribution is -2.38. The maximum Gasteiger partial charge on any atom is 0.306 e. The first kappa shape index (κ1) is 13.5. The van der Waals surface area contributed by atoms with Crippen LogP contribution < -0.4 is 0 Å². The monoisotopic (exact) mass is 228 g/mol. The fourth-order valence-electron chi connectivity index (χ4n) is 3.22. The van der Waals surface area contributed by atoms with Crippen LogP contribution in [0.25, 0.3) is 0 Å². The van der Waals surface area contributed by atoms with Crippen LogP contribution in [0.3, 0.4) is 0 Å². The van der Waals surface area contributed by atoms with Crippen molar-refractivity contribution in [3.8, 4) is 0 Å². The molecule has 0 spiro atoms. The second kappa shape index (κ2) is 5.17. The molecule has 0 bridgehead atoms. The predicted octanol–water partition coefficient (Wildman–Crippen LogP) is 2.67. The molecule has 2 N–H and O–H groups in total. The highest BCUT2D eigenvalue weighted by atomic mass is 16.4. The molecule has 1 aliphatic rings. The summed E-state index contributed by atoms with van der Waals surface area (Å²) in [5.74, 6) is 0.396. The minimum atomic E-state index is -1.05. The van der Waals surface area contributed by atoms with Gasteiger partial charge in [-0.05, 0) is 37.5 Å². The molecule has 16 heavy (non-hydrogen) atoms. The molecule has 1 fully saturated rings. The number of rotatable bonds is 5. The largest absolute Gasteiger partial charge is 0.481 e. The first-order valence-corrected chi connectivity index (χ1v) is 6.34. The third-order valence-corrected chi connectivity index (χ3v) is 4.20. The van der Waals surface area contributed by atoms with Gasteiger partial charge in [0.2, 0.25) is 0 Å². The van der Waals surface area contributed by atoms with Crippen molar-refractivity contribution in [1.29, 1.82) is 0 Å². The average Bonchev–Trinajstić information content (AvgIpc) is 2.59. The molecule has 1 rings (SSSR count). The van der Waals surface area contributed by atoms with Crippen molar-refractivity contribution < 1.29 is 15.0 Å². The molecule has 4 unspecified atom stereocenters. The van der Waals surface area contributed by atoms with Crippen LogP contribution in [0, 0.1) is 17.8 Å². The van der Waals surface area contributed by atoms with Crippen molar-refractivity contribution in [3.63, 3.8) is 0 Å². The molecule has 0 aromatic rings. The van der Waals surface area contributed by atoms with Gasteiger partial charge in [-0.3, -0.25) is 4.79 Å². The number of hydrogen-bond acceptors (Lipinski definition) is 2. The van der Waals surface area contributed by atoms with Crippen LogP contribution in [0.1, 0.15) is 52.9 Å². The molecule has 0 saturated heterocycles. The molecule has 3 heteroatoms. The van der Waals surface area contributed by atoms with Crippen molar-refractivity contribution in [2.45, 2.75) is 58.5 Å². The van der Waals surface area contributed by atoms with Gasteiger partial charge in [-0.1, -0.05) is 26.7 Å². The molecule has 0 aromatic carbocycles. The summed E-state index contributed by atoms with van der Waals surface area (Å²) in [4.78, 5) is 10.8. The van der Waals surface area contributed by atoms with Gasteiger partial charge in [-0.25, -0.2) is 0 Å². The van der Waals surface area contributed by atoms with E-state index in [4.69, 9.17) is 5.11 Å². The van der Waals surface area contributed by atoms with E-state index in [9.17, 15) is 9.90 Å². The molecule has 0 heterocycles. The zero-order valence-electron chi connectivity index (χ0n) is 10.6. The van der Waals surface area contributed by atoms with Gasteiger partial charge in [0.1, 0.15) is 0 Å². The third kappa shape index (κ3) is 2.97. The smallest absolute Gasteiger partial charge is 0.306 e. The molecule has 4 atom stereocenters. The van der Waals surface area contributed by atoms with Gasteiger partial charge in [0.05, 0.1) is 12.0 Å². The van der Waals surface area contributed by atoms with E-state index in [1.165, 1.54) is 0 Å². The number of aliphatic carboxylic acids is 1. The highest BCUT2D eigenvalue weighted by Gasteiger charge is 2.43. The van der Waals surface area contributed by atoms with E-state index in [1.54, 1.807) is 6.92 Å². The van der Waals surface area contributed by atoms with Crippen LogP contribution >= 0.6 is 0 Å². The quantitative estimate of drug-likeness (QED) is 0.760. The van der Waals surface area contributed by atoms with Gasteiger partial charge in [-0.15, -0.1) is 0 Å². The Morgan fingerprint density at radius 1 is 1.31 bits per heavy atom. The van der Waals surface area contributed by atoms with Crippen LogP contribution in [-0.4, -0.2) is 21.8 Å². The molecule has 0 aliphatic heterocycles. The number of carbonyl (C=O) groups is 1. The molecular weight excluding hydrogens is 204 g/mol. The highest BCUT2D eigenvalue weighted by molar-refractivity contribution is 5.68. The topological polar surface area (TPSA) is 57.5 Å². The van der Waals surface area contributed by atoms with Gasteiger partial charge in [0, 0.05) is 0 Å². The minimum absolute atomic E-state index is 0.134. The molecule has 1 aliphatic carbocycles. The normalized spacial score (nSPS) is 33.6. The van der Waals surface area contributed by atoms with Crippen molar-refractivity contribution in [1.82, 2.24) is 0 Å². The molecule has 3 nitrogen and oxygen atoms in total. The predicted molar refractivity (Wildman–Crippen MR) is 63.2 cm³/mol. The van der Waals surface area contributed by atoms with Crippen LogP contribution in [0.4, 0.5) is 0 Å².